The largest absolute Gasteiger partial charge is 0.340 e. The molecule has 98 valence electrons. The van der Waals surface area contributed by atoms with E-state index in [2.05, 4.69) is 17.6 Å². The molecule has 1 fully saturated rings. The van der Waals surface area contributed by atoms with Gasteiger partial charge >= 0.3 is 0 Å². The maximum absolute atomic E-state index is 12.1. The number of rotatable bonds is 5. The number of amides is 1. The van der Waals surface area contributed by atoms with Crippen LogP contribution >= 0.6 is 12.6 Å². The van der Waals surface area contributed by atoms with E-state index in [0.29, 0.717) is 13.0 Å². The third-order valence-electron chi connectivity index (χ3n) is 3.59. The Labute approximate surface area is 114 Å². The number of hydrogen-bond donors (Lipinski definition) is 1. The van der Waals surface area contributed by atoms with Gasteiger partial charge in [-0.05, 0) is 43.1 Å². The Kier molecular flexibility index (Phi) is 3.95. The number of aromatic nitrogens is 1. The van der Waals surface area contributed by atoms with Gasteiger partial charge in [0.1, 0.15) is 0 Å². The highest BCUT2D eigenvalue weighted by Gasteiger charge is 2.43. The standard InChI is InChI=1S/C14H20N2OS/c1-11-4-3-5-12(15-11)9-16(2)13(17)8-14(10-18)6-7-14/h3-5,18H,6-10H2,1-2H3. The van der Waals surface area contributed by atoms with Gasteiger partial charge in [0.2, 0.25) is 5.91 Å². The fourth-order valence-corrected chi connectivity index (χ4v) is 2.47. The summed E-state index contributed by atoms with van der Waals surface area (Å²) in [6, 6.07) is 5.90. The van der Waals surface area contributed by atoms with E-state index in [9.17, 15) is 4.79 Å². The van der Waals surface area contributed by atoms with Gasteiger partial charge in [-0.2, -0.15) is 12.6 Å². The van der Waals surface area contributed by atoms with Crippen LogP contribution in [0.15, 0.2) is 18.2 Å². The molecule has 1 aromatic rings. The average molecular weight is 264 g/mol. The molecule has 1 saturated carbocycles. The SMILES string of the molecule is Cc1cccc(CN(C)C(=O)CC2(CS)CC2)n1. The quantitative estimate of drug-likeness (QED) is 0.829. The van der Waals surface area contributed by atoms with Crippen molar-refractivity contribution in [3.8, 4) is 0 Å². The second-order valence-corrected chi connectivity index (χ2v) is 5.67. The summed E-state index contributed by atoms with van der Waals surface area (Å²) in [6.07, 6.45) is 2.90. The van der Waals surface area contributed by atoms with Crippen molar-refractivity contribution in [2.24, 2.45) is 5.41 Å². The van der Waals surface area contributed by atoms with Crippen molar-refractivity contribution < 1.29 is 4.79 Å². The van der Waals surface area contributed by atoms with Gasteiger partial charge in [0, 0.05) is 19.2 Å². The third kappa shape index (κ3) is 3.25. The lowest BCUT2D eigenvalue weighted by Crippen LogP contribution is -2.29. The van der Waals surface area contributed by atoms with Crippen LogP contribution in [0.25, 0.3) is 0 Å². The second-order valence-electron chi connectivity index (χ2n) is 5.35. The maximum Gasteiger partial charge on any atom is 0.223 e. The van der Waals surface area contributed by atoms with Crippen LogP contribution in [0.2, 0.25) is 0 Å². The van der Waals surface area contributed by atoms with E-state index >= 15 is 0 Å². The predicted molar refractivity (Wildman–Crippen MR) is 75.6 cm³/mol. The minimum Gasteiger partial charge on any atom is -0.340 e. The van der Waals surface area contributed by atoms with Crippen molar-refractivity contribution in [3.05, 3.63) is 29.6 Å². The van der Waals surface area contributed by atoms with Crippen LogP contribution in [0.3, 0.4) is 0 Å². The molecule has 1 aliphatic rings. The zero-order valence-electron chi connectivity index (χ0n) is 11.0. The molecular formula is C14H20N2OS. The van der Waals surface area contributed by atoms with Gasteiger partial charge in [-0.1, -0.05) is 6.07 Å². The van der Waals surface area contributed by atoms with Crippen LogP contribution in [0.4, 0.5) is 0 Å². The topological polar surface area (TPSA) is 33.2 Å². The molecule has 0 atom stereocenters. The Balaban J connectivity index is 1.91. The molecule has 0 N–H and O–H groups in total. The van der Waals surface area contributed by atoms with E-state index in [1.807, 2.05) is 32.2 Å². The third-order valence-corrected chi connectivity index (χ3v) is 4.26. The Morgan fingerprint density at radius 1 is 1.50 bits per heavy atom. The van der Waals surface area contributed by atoms with Crippen molar-refractivity contribution in [2.45, 2.75) is 32.7 Å². The molecule has 0 bridgehead atoms. The predicted octanol–water partition coefficient (Wildman–Crippen LogP) is 2.45. The summed E-state index contributed by atoms with van der Waals surface area (Å²) < 4.78 is 0. The molecular weight excluding hydrogens is 244 g/mol. The number of thiol groups is 1. The van der Waals surface area contributed by atoms with Gasteiger partial charge < -0.3 is 4.90 Å². The van der Waals surface area contributed by atoms with Crippen molar-refractivity contribution in [1.29, 1.82) is 0 Å². The molecule has 0 saturated heterocycles. The number of carbonyl (C=O) groups excluding carboxylic acids is 1. The van der Waals surface area contributed by atoms with Crippen molar-refractivity contribution in [1.82, 2.24) is 9.88 Å². The molecule has 0 spiro atoms. The highest BCUT2D eigenvalue weighted by atomic mass is 32.1. The molecule has 18 heavy (non-hydrogen) atoms. The van der Waals surface area contributed by atoms with E-state index in [4.69, 9.17) is 0 Å². The molecule has 1 heterocycles. The first-order valence-corrected chi connectivity index (χ1v) is 6.95. The minimum atomic E-state index is 0.189. The summed E-state index contributed by atoms with van der Waals surface area (Å²) in [5.41, 5.74) is 2.12. The number of carbonyl (C=O) groups is 1. The second kappa shape index (κ2) is 5.31. The average Bonchev–Trinajstić information content (AvgIpc) is 3.09. The minimum absolute atomic E-state index is 0.189. The van der Waals surface area contributed by atoms with Crippen molar-refractivity contribution in [2.75, 3.05) is 12.8 Å². The summed E-state index contributed by atoms with van der Waals surface area (Å²) in [5.74, 6) is 1.01. The van der Waals surface area contributed by atoms with Crippen molar-refractivity contribution >= 4 is 18.5 Å². The Morgan fingerprint density at radius 3 is 2.78 bits per heavy atom. The molecule has 0 unspecified atom stereocenters. The summed E-state index contributed by atoms with van der Waals surface area (Å²) in [7, 11) is 1.85. The highest BCUT2D eigenvalue weighted by molar-refractivity contribution is 7.80. The smallest absolute Gasteiger partial charge is 0.223 e. The lowest BCUT2D eigenvalue weighted by atomic mass is 10.0. The van der Waals surface area contributed by atoms with Crippen LogP contribution in [-0.2, 0) is 11.3 Å². The van der Waals surface area contributed by atoms with Crippen LogP contribution < -0.4 is 0 Å². The van der Waals surface area contributed by atoms with Crippen molar-refractivity contribution in [3.63, 3.8) is 0 Å². The summed E-state index contributed by atoms with van der Waals surface area (Å²) >= 11 is 4.34. The zero-order chi connectivity index (χ0) is 13.2. The lowest BCUT2D eigenvalue weighted by molar-refractivity contribution is -0.131. The molecule has 2 rings (SSSR count). The molecule has 1 aromatic heterocycles. The lowest BCUT2D eigenvalue weighted by Gasteiger charge is -2.20. The summed E-state index contributed by atoms with van der Waals surface area (Å²) in [5, 5.41) is 0. The van der Waals surface area contributed by atoms with Gasteiger partial charge in [-0.3, -0.25) is 9.78 Å². The van der Waals surface area contributed by atoms with E-state index in [1.165, 1.54) is 0 Å². The fourth-order valence-electron chi connectivity index (χ4n) is 2.04. The zero-order valence-corrected chi connectivity index (χ0v) is 11.9. The van der Waals surface area contributed by atoms with Gasteiger partial charge in [-0.25, -0.2) is 0 Å². The normalized spacial score (nSPS) is 16.4. The number of aryl methyl sites for hydroxylation is 1. The molecule has 3 nitrogen and oxygen atoms in total. The number of nitrogens with zero attached hydrogens (tertiary/aromatic N) is 2. The molecule has 0 radical (unpaired) electrons. The van der Waals surface area contributed by atoms with Gasteiger partial charge in [0.15, 0.2) is 0 Å². The van der Waals surface area contributed by atoms with E-state index in [-0.39, 0.29) is 11.3 Å². The summed E-state index contributed by atoms with van der Waals surface area (Å²) in [6.45, 7) is 2.55. The molecule has 4 heteroatoms. The number of hydrogen-bond acceptors (Lipinski definition) is 3. The van der Waals surface area contributed by atoms with Gasteiger partial charge in [0.05, 0.1) is 12.2 Å². The summed E-state index contributed by atoms with van der Waals surface area (Å²) in [4.78, 5) is 18.3. The fraction of sp³-hybridized carbons (Fsp3) is 0.571. The Bertz CT molecular complexity index is 443. The van der Waals surface area contributed by atoms with Gasteiger partial charge in [0.25, 0.3) is 0 Å². The molecule has 0 aromatic carbocycles. The van der Waals surface area contributed by atoms with Crippen LogP contribution in [0.5, 0.6) is 0 Å². The molecule has 0 aliphatic heterocycles. The highest BCUT2D eigenvalue weighted by Crippen LogP contribution is 2.49. The maximum atomic E-state index is 12.1. The van der Waals surface area contributed by atoms with E-state index < -0.39 is 0 Å². The monoisotopic (exact) mass is 264 g/mol. The molecule has 1 aliphatic carbocycles. The Hall–Kier alpha value is -1.03. The Morgan fingerprint density at radius 2 is 2.22 bits per heavy atom. The van der Waals surface area contributed by atoms with Gasteiger partial charge in [-0.15, -0.1) is 0 Å². The van der Waals surface area contributed by atoms with Crippen LogP contribution in [0, 0.1) is 12.3 Å². The first-order valence-electron chi connectivity index (χ1n) is 6.32. The van der Waals surface area contributed by atoms with E-state index in [0.717, 1.165) is 30.0 Å². The first kappa shape index (κ1) is 13.4. The van der Waals surface area contributed by atoms with E-state index in [1.54, 1.807) is 4.90 Å². The van der Waals surface area contributed by atoms with Crippen LogP contribution in [0.1, 0.15) is 30.7 Å². The van der Waals surface area contributed by atoms with Crippen LogP contribution in [-0.4, -0.2) is 28.6 Å². The molecule has 1 amide bonds. The first-order chi connectivity index (χ1) is 8.54. The number of pyridine rings is 1.